The van der Waals surface area contributed by atoms with Gasteiger partial charge in [-0.05, 0) is 15.9 Å². The Balaban J connectivity index is 0.000000343. The van der Waals surface area contributed by atoms with E-state index in [9.17, 15) is 26.3 Å². The van der Waals surface area contributed by atoms with Crippen LogP contribution in [0.5, 0.6) is 0 Å². The van der Waals surface area contributed by atoms with E-state index in [-0.39, 0.29) is 0 Å². The van der Waals surface area contributed by atoms with Crippen LogP contribution in [-0.4, -0.2) is 47.2 Å². The number of carbonyl (C=O) groups excluding carboxylic acids is 2. The summed E-state index contributed by atoms with van der Waals surface area (Å²) in [6.07, 6.45) is -6.53. The van der Waals surface area contributed by atoms with Crippen molar-refractivity contribution in [3.8, 4) is 0 Å². The summed E-state index contributed by atoms with van der Waals surface area (Å²) >= 11 is 3.36. The monoisotopic (exact) mass is 428 g/mol. The van der Waals surface area contributed by atoms with Crippen molar-refractivity contribution in [2.45, 2.75) is 18.4 Å². The van der Waals surface area contributed by atoms with E-state index in [4.69, 9.17) is 19.8 Å². The summed E-state index contributed by atoms with van der Waals surface area (Å²) in [7, 11) is 0. The first-order chi connectivity index (χ1) is 10.7. The number of nitrogens with zero attached hydrogens (tertiary/aromatic N) is 2. The predicted octanol–water partition coefficient (Wildman–Crippen LogP) is -1.64. The Morgan fingerprint density at radius 3 is 1.67 bits per heavy atom. The van der Waals surface area contributed by atoms with E-state index in [1.165, 1.54) is 13.1 Å². The van der Waals surface area contributed by atoms with E-state index in [0.29, 0.717) is 6.04 Å². The molecule has 24 heavy (non-hydrogen) atoms. The molecule has 1 aromatic rings. The van der Waals surface area contributed by atoms with Gasteiger partial charge in [0, 0.05) is 6.20 Å². The molecule has 1 aliphatic rings. The first kappa shape index (κ1) is 22.2. The number of aromatic nitrogens is 2. The second kappa shape index (κ2) is 8.86. The SMILES string of the molecule is Brc1cnn(C2C[NH2+]C2)c1.O=C([O-])C(F)(F)F.O=C([O-])C(F)(F)F. The molecule has 2 rings (SSSR count). The molecule has 0 radical (unpaired) electrons. The number of alkyl halides is 6. The lowest BCUT2D eigenvalue weighted by Crippen LogP contribution is -2.96. The van der Waals surface area contributed by atoms with Crippen molar-refractivity contribution in [2.24, 2.45) is 0 Å². The van der Waals surface area contributed by atoms with Gasteiger partial charge in [0.25, 0.3) is 0 Å². The zero-order valence-electron chi connectivity index (χ0n) is 11.4. The summed E-state index contributed by atoms with van der Waals surface area (Å²) in [4.78, 5) is 17.6. The molecule has 1 saturated heterocycles. The molecule has 1 fully saturated rings. The first-order valence-electron chi connectivity index (χ1n) is 5.82. The molecule has 14 heteroatoms. The van der Waals surface area contributed by atoms with Crippen molar-refractivity contribution >= 4 is 27.9 Å². The third-order valence-corrected chi connectivity index (χ3v) is 2.69. The van der Waals surface area contributed by atoms with Crippen molar-refractivity contribution < 1.29 is 51.5 Å². The zero-order chi connectivity index (χ0) is 19.1. The van der Waals surface area contributed by atoms with Crippen molar-refractivity contribution in [2.75, 3.05) is 13.1 Å². The molecule has 138 valence electrons. The van der Waals surface area contributed by atoms with Crippen LogP contribution in [-0.2, 0) is 9.59 Å². The fraction of sp³-hybridized carbons (Fsp3) is 0.500. The minimum atomic E-state index is -5.19. The van der Waals surface area contributed by atoms with Gasteiger partial charge in [-0.2, -0.15) is 31.4 Å². The molecule has 0 aromatic carbocycles. The van der Waals surface area contributed by atoms with Crippen LogP contribution in [0.1, 0.15) is 6.04 Å². The number of rotatable bonds is 1. The quantitative estimate of drug-likeness (QED) is 0.539. The highest BCUT2D eigenvalue weighted by Gasteiger charge is 2.29. The number of halogens is 7. The molecule has 7 nitrogen and oxygen atoms in total. The highest BCUT2D eigenvalue weighted by Crippen LogP contribution is 2.12. The Hall–Kier alpha value is -1.83. The van der Waals surface area contributed by atoms with Crippen LogP contribution in [0.2, 0.25) is 0 Å². The third kappa shape index (κ3) is 8.71. The van der Waals surface area contributed by atoms with E-state index in [1.807, 2.05) is 17.1 Å². The summed E-state index contributed by atoms with van der Waals surface area (Å²) in [6.45, 7) is 2.35. The molecular formula is C10H9BrF6N3O4-. The number of carboxylic acid groups (broad SMARTS) is 2. The van der Waals surface area contributed by atoms with E-state index < -0.39 is 24.3 Å². The Labute approximate surface area is 138 Å². The van der Waals surface area contributed by atoms with Gasteiger partial charge in [0.2, 0.25) is 0 Å². The summed E-state index contributed by atoms with van der Waals surface area (Å²) in [5, 5.41) is 24.0. The fourth-order valence-corrected chi connectivity index (χ4v) is 1.35. The van der Waals surface area contributed by atoms with E-state index in [0.717, 1.165) is 4.47 Å². The zero-order valence-corrected chi connectivity index (χ0v) is 13.0. The van der Waals surface area contributed by atoms with Crippen LogP contribution in [0.15, 0.2) is 16.9 Å². The summed E-state index contributed by atoms with van der Waals surface area (Å²) in [5.41, 5.74) is 0. The Morgan fingerprint density at radius 2 is 1.50 bits per heavy atom. The summed E-state index contributed by atoms with van der Waals surface area (Å²) < 4.78 is 66.2. The largest absolute Gasteiger partial charge is 0.542 e. The highest BCUT2D eigenvalue weighted by atomic mass is 79.9. The molecule has 0 aliphatic carbocycles. The maximum absolute atomic E-state index is 10.5. The Morgan fingerprint density at radius 1 is 1.12 bits per heavy atom. The third-order valence-electron chi connectivity index (χ3n) is 2.28. The first-order valence-corrected chi connectivity index (χ1v) is 6.62. The molecule has 1 aliphatic heterocycles. The summed E-state index contributed by atoms with van der Waals surface area (Å²) in [6, 6.07) is 0.631. The van der Waals surface area contributed by atoms with Gasteiger partial charge in [-0.1, -0.05) is 0 Å². The maximum Gasteiger partial charge on any atom is 0.430 e. The van der Waals surface area contributed by atoms with Crippen LogP contribution in [0, 0.1) is 0 Å². The standard InChI is InChI=1S/C6H8BrN3.2C2HF3O2/c7-5-1-9-10(4-5)6-2-8-3-6;2*3-2(4,5)1(6)7/h1,4,6,8H,2-3H2;2*(H,6,7)/p-1. The molecule has 1 aromatic heterocycles. The van der Waals surface area contributed by atoms with Gasteiger partial charge in [0.15, 0.2) is 0 Å². The highest BCUT2D eigenvalue weighted by molar-refractivity contribution is 9.10. The molecule has 0 amide bonds. The van der Waals surface area contributed by atoms with Crippen LogP contribution >= 0.6 is 15.9 Å². The molecule has 0 bridgehead atoms. The molecule has 0 spiro atoms. The van der Waals surface area contributed by atoms with Crippen LogP contribution in [0.4, 0.5) is 26.3 Å². The van der Waals surface area contributed by atoms with Crippen molar-refractivity contribution in [3.63, 3.8) is 0 Å². The van der Waals surface area contributed by atoms with Gasteiger partial charge < -0.3 is 25.1 Å². The maximum atomic E-state index is 10.5. The second-order valence-electron chi connectivity index (χ2n) is 4.12. The topological polar surface area (TPSA) is 115 Å². The minimum absolute atomic E-state index is 0.631. The van der Waals surface area contributed by atoms with Gasteiger partial charge in [0.05, 0.1) is 10.7 Å². The predicted molar refractivity (Wildman–Crippen MR) is 62.7 cm³/mol. The van der Waals surface area contributed by atoms with Crippen molar-refractivity contribution in [1.82, 2.24) is 9.78 Å². The number of carboxylic acids is 2. The average molecular weight is 429 g/mol. The minimum Gasteiger partial charge on any atom is -0.542 e. The van der Waals surface area contributed by atoms with Gasteiger partial charge in [0.1, 0.15) is 31.1 Å². The lowest BCUT2D eigenvalue weighted by atomic mass is 10.2. The van der Waals surface area contributed by atoms with E-state index >= 15 is 0 Å². The van der Waals surface area contributed by atoms with E-state index in [1.54, 1.807) is 0 Å². The fourth-order valence-electron chi connectivity index (χ4n) is 1.05. The molecule has 2 heterocycles. The van der Waals surface area contributed by atoms with Crippen LogP contribution in [0.25, 0.3) is 0 Å². The number of aliphatic carboxylic acids is 2. The average Bonchev–Trinajstić information content (AvgIpc) is 2.72. The number of carbonyl (C=O) groups is 2. The molecule has 0 saturated carbocycles. The molecule has 0 atom stereocenters. The number of hydrogen-bond donors (Lipinski definition) is 1. The normalized spacial score (nSPS) is 14.5. The van der Waals surface area contributed by atoms with E-state index in [2.05, 4.69) is 26.3 Å². The van der Waals surface area contributed by atoms with Crippen LogP contribution < -0.4 is 15.5 Å². The molecule has 2 N–H and O–H groups in total. The van der Waals surface area contributed by atoms with Gasteiger partial charge in [-0.25, -0.2) is 0 Å². The Bertz CT molecular complexity index is 532. The number of quaternary nitrogens is 1. The van der Waals surface area contributed by atoms with Crippen LogP contribution in [0.3, 0.4) is 0 Å². The lowest BCUT2D eigenvalue weighted by molar-refractivity contribution is -0.718. The summed E-state index contributed by atoms with van der Waals surface area (Å²) in [5.74, 6) is -6.01. The Kier molecular flexibility index (Phi) is 8.19. The van der Waals surface area contributed by atoms with Gasteiger partial charge in [-0.15, -0.1) is 0 Å². The van der Waals surface area contributed by atoms with Gasteiger partial charge in [-0.3, -0.25) is 4.68 Å². The number of nitrogens with two attached hydrogens (primary N) is 1. The molecular weight excluding hydrogens is 420 g/mol. The number of hydrogen-bond acceptors (Lipinski definition) is 5. The molecule has 0 unspecified atom stereocenters. The van der Waals surface area contributed by atoms with Crippen molar-refractivity contribution in [1.29, 1.82) is 0 Å². The lowest BCUT2D eigenvalue weighted by Gasteiger charge is -2.22. The smallest absolute Gasteiger partial charge is 0.430 e. The van der Waals surface area contributed by atoms with Crippen molar-refractivity contribution in [3.05, 3.63) is 16.9 Å². The van der Waals surface area contributed by atoms with Gasteiger partial charge >= 0.3 is 12.4 Å². The second-order valence-corrected chi connectivity index (χ2v) is 5.04.